The highest BCUT2D eigenvalue weighted by atomic mass is 15.3. The van der Waals surface area contributed by atoms with Gasteiger partial charge in [0.15, 0.2) is 0 Å². The molecule has 1 aliphatic rings. The third-order valence-electron chi connectivity index (χ3n) is 3.92. The van der Waals surface area contributed by atoms with Crippen molar-refractivity contribution in [3.63, 3.8) is 0 Å². The maximum absolute atomic E-state index is 4.67. The van der Waals surface area contributed by atoms with Gasteiger partial charge in [0.1, 0.15) is 5.82 Å². The highest BCUT2D eigenvalue weighted by molar-refractivity contribution is 5.44. The first-order valence-corrected chi connectivity index (χ1v) is 7.45. The molecule has 4 heteroatoms. The van der Waals surface area contributed by atoms with Crippen molar-refractivity contribution < 1.29 is 0 Å². The van der Waals surface area contributed by atoms with Crippen LogP contribution in [0.25, 0.3) is 0 Å². The summed E-state index contributed by atoms with van der Waals surface area (Å²) in [4.78, 5) is 11.6. The van der Waals surface area contributed by atoms with Gasteiger partial charge in [0.25, 0.3) is 0 Å². The molecule has 0 aromatic carbocycles. The summed E-state index contributed by atoms with van der Waals surface area (Å²) in [6, 6.07) is 2.48. The van der Waals surface area contributed by atoms with E-state index in [1.165, 1.54) is 12.8 Å². The molecule has 1 aromatic rings. The number of rotatable bonds is 4. The predicted molar refractivity (Wildman–Crippen MR) is 80.8 cm³/mol. The minimum absolute atomic E-state index is 0.448. The van der Waals surface area contributed by atoms with Crippen molar-refractivity contribution in [3.8, 4) is 0 Å². The van der Waals surface area contributed by atoms with Crippen LogP contribution < -0.4 is 10.2 Å². The summed E-state index contributed by atoms with van der Waals surface area (Å²) in [7, 11) is 0. The summed E-state index contributed by atoms with van der Waals surface area (Å²) in [6.07, 6.45) is 3.58. The zero-order valence-corrected chi connectivity index (χ0v) is 12.6. The summed E-state index contributed by atoms with van der Waals surface area (Å²) in [5.41, 5.74) is 1.04. The van der Waals surface area contributed by atoms with Gasteiger partial charge in [0, 0.05) is 30.9 Å². The molecule has 1 aliphatic heterocycles. The zero-order chi connectivity index (χ0) is 13.8. The molecule has 1 aromatic heterocycles. The molecule has 19 heavy (non-hydrogen) atoms. The second-order valence-corrected chi connectivity index (χ2v) is 5.82. The predicted octanol–water partition coefficient (Wildman–Crippen LogP) is 3.23. The smallest absolute Gasteiger partial charge is 0.227 e. The van der Waals surface area contributed by atoms with Crippen molar-refractivity contribution in [1.29, 1.82) is 0 Å². The molecule has 2 rings (SSSR count). The largest absolute Gasteiger partial charge is 0.367 e. The number of hydrogen-bond acceptors (Lipinski definition) is 4. The minimum Gasteiger partial charge on any atom is -0.367 e. The lowest BCUT2D eigenvalue weighted by Gasteiger charge is -2.30. The summed E-state index contributed by atoms with van der Waals surface area (Å²) in [6.45, 7) is 10.9. The van der Waals surface area contributed by atoms with Gasteiger partial charge in [0.2, 0.25) is 5.95 Å². The lowest BCUT2D eigenvalue weighted by molar-refractivity contribution is 0.434. The van der Waals surface area contributed by atoms with Crippen molar-refractivity contribution in [2.24, 2.45) is 5.92 Å². The van der Waals surface area contributed by atoms with Crippen molar-refractivity contribution >= 4 is 11.8 Å². The summed E-state index contributed by atoms with van der Waals surface area (Å²) in [5.74, 6) is 2.67. The Morgan fingerprint density at radius 3 is 2.68 bits per heavy atom. The molecule has 1 atom stereocenters. The molecule has 1 fully saturated rings. The van der Waals surface area contributed by atoms with Crippen LogP contribution in [0.4, 0.5) is 11.8 Å². The molecule has 1 saturated heterocycles. The van der Waals surface area contributed by atoms with E-state index in [0.717, 1.165) is 42.9 Å². The fourth-order valence-electron chi connectivity index (χ4n) is 2.33. The Hall–Kier alpha value is -1.32. The normalized spacial score (nSPS) is 18.4. The molecule has 4 nitrogen and oxygen atoms in total. The van der Waals surface area contributed by atoms with Crippen LogP contribution in [0.3, 0.4) is 0 Å². The van der Waals surface area contributed by atoms with Gasteiger partial charge in [-0.05, 0) is 39.0 Å². The standard InChI is InChI=1S/C15H26N4/c1-5-12(3)16-14-10-13(4)17-15(18-14)19-8-6-11(2)7-9-19/h10-12H,5-9H2,1-4H3,(H,16,17,18). The van der Waals surface area contributed by atoms with Crippen LogP contribution in [-0.2, 0) is 0 Å². The van der Waals surface area contributed by atoms with Crippen molar-refractivity contribution in [2.75, 3.05) is 23.3 Å². The average Bonchev–Trinajstić information content (AvgIpc) is 2.38. The fraction of sp³-hybridized carbons (Fsp3) is 0.733. The van der Waals surface area contributed by atoms with Gasteiger partial charge in [0.05, 0.1) is 0 Å². The molecular weight excluding hydrogens is 236 g/mol. The molecule has 1 unspecified atom stereocenters. The Labute approximate surface area is 116 Å². The molecule has 1 N–H and O–H groups in total. The van der Waals surface area contributed by atoms with Gasteiger partial charge >= 0.3 is 0 Å². The van der Waals surface area contributed by atoms with Crippen molar-refractivity contribution in [1.82, 2.24) is 9.97 Å². The van der Waals surface area contributed by atoms with E-state index in [9.17, 15) is 0 Å². The fourth-order valence-corrected chi connectivity index (χ4v) is 2.33. The highest BCUT2D eigenvalue weighted by Gasteiger charge is 2.18. The van der Waals surface area contributed by atoms with Crippen LogP contribution in [0.5, 0.6) is 0 Å². The highest BCUT2D eigenvalue weighted by Crippen LogP contribution is 2.21. The maximum atomic E-state index is 4.67. The van der Waals surface area contributed by atoms with Gasteiger partial charge in [-0.3, -0.25) is 0 Å². The van der Waals surface area contributed by atoms with E-state index in [4.69, 9.17) is 0 Å². The van der Waals surface area contributed by atoms with E-state index < -0.39 is 0 Å². The number of piperidine rings is 1. The number of anilines is 2. The number of hydrogen-bond donors (Lipinski definition) is 1. The topological polar surface area (TPSA) is 41.1 Å². The number of nitrogens with one attached hydrogen (secondary N) is 1. The molecular formula is C15H26N4. The van der Waals surface area contributed by atoms with Crippen molar-refractivity contribution in [2.45, 2.75) is 53.0 Å². The number of aryl methyl sites for hydroxylation is 1. The Balaban J connectivity index is 2.12. The summed E-state index contributed by atoms with van der Waals surface area (Å²) >= 11 is 0. The maximum Gasteiger partial charge on any atom is 0.227 e. The van der Waals surface area contributed by atoms with E-state index in [2.05, 4.69) is 41.0 Å². The summed E-state index contributed by atoms with van der Waals surface area (Å²) in [5, 5.41) is 3.44. The van der Waals surface area contributed by atoms with E-state index in [-0.39, 0.29) is 0 Å². The van der Waals surface area contributed by atoms with Crippen LogP contribution in [0.2, 0.25) is 0 Å². The average molecular weight is 262 g/mol. The summed E-state index contributed by atoms with van der Waals surface area (Å²) < 4.78 is 0. The molecule has 2 heterocycles. The first kappa shape index (κ1) is 14.1. The van der Waals surface area contributed by atoms with Crippen LogP contribution in [-0.4, -0.2) is 29.1 Å². The molecule has 0 aliphatic carbocycles. The second-order valence-electron chi connectivity index (χ2n) is 5.82. The SMILES string of the molecule is CCC(C)Nc1cc(C)nc(N2CCC(C)CC2)n1. The monoisotopic (exact) mass is 262 g/mol. The molecule has 0 radical (unpaired) electrons. The van der Waals surface area contributed by atoms with Gasteiger partial charge in [-0.15, -0.1) is 0 Å². The Bertz CT molecular complexity index is 411. The quantitative estimate of drug-likeness (QED) is 0.904. The van der Waals surface area contributed by atoms with Crippen LogP contribution in [0.15, 0.2) is 6.07 Å². The Kier molecular flexibility index (Phi) is 4.61. The lowest BCUT2D eigenvalue weighted by Crippen LogP contribution is -2.34. The van der Waals surface area contributed by atoms with Crippen LogP contribution >= 0.6 is 0 Å². The number of nitrogens with zero attached hydrogens (tertiary/aromatic N) is 3. The van der Waals surface area contributed by atoms with Crippen molar-refractivity contribution in [3.05, 3.63) is 11.8 Å². The molecule has 106 valence electrons. The van der Waals surface area contributed by atoms with Gasteiger partial charge in [-0.1, -0.05) is 13.8 Å². The molecule has 0 saturated carbocycles. The van der Waals surface area contributed by atoms with Gasteiger partial charge in [-0.2, -0.15) is 4.98 Å². The molecule has 0 bridgehead atoms. The van der Waals surface area contributed by atoms with Gasteiger partial charge in [-0.25, -0.2) is 4.98 Å². The third-order valence-corrected chi connectivity index (χ3v) is 3.92. The van der Waals surface area contributed by atoms with E-state index in [1.807, 2.05) is 13.0 Å². The van der Waals surface area contributed by atoms with E-state index >= 15 is 0 Å². The number of aromatic nitrogens is 2. The second kappa shape index (κ2) is 6.22. The van der Waals surface area contributed by atoms with Gasteiger partial charge < -0.3 is 10.2 Å². The zero-order valence-electron chi connectivity index (χ0n) is 12.6. The first-order valence-electron chi connectivity index (χ1n) is 7.45. The first-order chi connectivity index (χ1) is 9.08. The third kappa shape index (κ3) is 3.82. The van der Waals surface area contributed by atoms with Crippen LogP contribution in [0.1, 0.15) is 45.7 Å². The minimum atomic E-state index is 0.448. The van der Waals surface area contributed by atoms with E-state index in [0.29, 0.717) is 6.04 Å². The molecule has 0 amide bonds. The van der Waals surface area contributed by atoms with Crippen LogP contribution in [0, 0.1) is 12.8 Å². The Morgan fingerprint density at radius 2 is 2.05 bits per heavy atom. The lowest BCUT2D eigenvalue weighted by atomic mass is 10.00. The van der Waals surface area contributed by atoms with E-state index in [1.54, 1.807) is 0 Å². The molecule has 0 spiro atoms. The Morgan fingerprint density at radius 1 is 1.37 bits per heavy atom.